The van der Waals surface area contributed by atoms with Crippen molar-refractivity contribution in [1.82, 2.24) is 15.5 Å². The van der Waals surface area contributed by atoms with Gasteiger partial charge in [-0.15, -0.1) is 0 Å². The van der Waals surface area contributed by atoms with Gasteiger partial charge in [0.25, 0.3) is 0 Å². The molecule has 0 spiro atoms. The highest BCUT2D eigenvalue weighted by atomic mass is 32.1. The first-order chi connectivity index (χ1) is 12.8. The average molecular weight is 392 g/mol. The third-order valence-electron chi connectivity index (χ3n) is 3.70. The molecule has 3 aromatic rings. The number of hydrogen-bond acceptors (Lipinski definition) is 4. The number of thiocarbonyl (C=S) groups is 1. The van der Waals surface area contributed by atoms with Crippen molar-refractivity contribution < 1.29 is 17.7 Å². The zero-order valence-corrected chi connectivity index (χ0v) is 15.0. The van der Waals surface area contributed by atoms with Crippen LogP contribution in [0.5, 0.6) is 0 Å². The molecule has 140 valence electrons. The molecule has 0 saturated carbocycles. The molecule has 1 aromatic heterocycles. The maximum absolute atomic E-state index is 12.7. The Morgan fingerprint density at radius 1 is 1.15 bits per heavy atom. The summed E-state index contributed by atoms with van der Waals surface area (Å²) in [6.07, 6.45) is -4.41. The van der Waals surface area contributed by atoms with E-state index in [1.807, 2.05) is 31.2 Å². The van der Waals surface area contributed by atoms with E-state index in [9.17, 15) is 13.2 Å². The standard InChI is InChI=1S/C18H15F3N4OS/c1-11-5-2-3-8-14(11)16-24-15(26-25-16)10-22-17(27)23-13-7-4-6-12(9-13)18(19,20)21/h2-9H,10H2,1H3,(H2,22,23,27). The van der Waals surface area contributed by atoms with Crippen molar-refractivity contribution in [1.29, 1.82) is 0 Å². The molecule has 27 heavy (non-hydrogen) atoms. The first-order valence-corrected chi connectivity index (χ1v) is 8.34. The predicted molar refractivity (Wildman–Crippen MR) is 99.0 cm³/mol. The van der Waals surface area contributed by atoms with Crippen LogP contribution in [0.15, 0.2) is 53.1 Å². The van der Waals surface area contributed by atoms with Crippen LogP contribution in [0.3, 0.4) is 0 Å². The number of anilines is 1. The van der Waals surface area contributed by atoms with Gasteiger partial charge >= 0.3 is 6.18 Å². The normalized spacial score (nSPS) is 11.3. The minimum atomic E-state index is -4.41. The molecule has 3 rings (SSSR count). The van der Waals surface area contributed by atoms with Crippen molar-refractivity contribution in [2.24, 2.45) is 0 Å². The number of nitrogens with zero attached hydrogens (tertiary/aromatic N) is 2. The van der Waals surface area contributed by atoms with E-state index >= 15 is 0 Å². The molecule has 0 unspecified atom stereocenters. The van der Waals surface area contributed by atoms with Gasteiger partial charge in [0.1, 0.15) is 0 Å². The Morgan fingerprint density at radius 3 is 2.67 bits per heavy atom. The van der Waals surface area contributed by atoms with E-state index < -0.39 is 11.7 Å². The highest BCUT2D eigenvalue weighted by molar-refractivity contribution is 7.80. The summed E-state index contributed by atoms with van der Waals surface area (Å²) in [5.74, 6) is 0.767. The zero-order valence-electron chi connectivity index (χ0n) is 14.2. The van der Waals surface area contributed by atoms with E-state index in [1.54, 1.807) is 0 Å². The van der Waals surface area contributed by atoms with Crippen LogP contribution >= 0.6 is 12.2 Å². The molecule has 5 nitrogen and oxygen atoms in total. The molecule has 0 saturated heterocycles. The summed E-state index contributed by atoms with van der Waals surface area (Å²) < 4.78 is 43.4. The fraction of sp³-hybridized carbons (Fsp3) is 0.167. The van der Waals surface area contributed by atoms with Crippen LogP contribution in [-0.4, -0.2) is 15.3 Å². The Balaban J connectivity index is 1.60. The highest BCUT2D eigenvalue weighted by Crippen LogP contribution is 2.30. The van der Waals surface area contributed by atoms with Gasteiger partial charge in [0, 0.05) is 11.3 Å². The number of benzene rings is 2. The molecule has 2 aromatic carbocycles. The Kier molecular flexibility index (Phi) is 5.41. The summed E-state index contributed by atoms with van der Waals surface area (Å²) in [5.41, 5.74) is 1.35. The lowest BCUT2D eigenvalue weighted by Crippen LogP contribution is -2.28. The summed E-state index contributed by atoms with van der Waals surface area (Å²) in [4.78, 5) is 4.29. The van der Waals surface area contributed by atoms with Gasteiger partial charge in [-0.25, -0.2) is 0 Å². The lowest BCUT2D eigenvalue weighted by molar-refractivity contribution is -0.137. The fourth-order valence-corrected chi connectivity index (χ4v) is 2.55. The first-order valence-electron chi connectivity index (χ1n) is 7.93. The summed E-state index contributed by atoms with van der Waals surface area (Å²) in [5, 5.41) is 9.61. The van der Waals surface area contributed by atoms with Gasteiger partial charge in [-0.3, -0.25) is 0 Å². The van der Waals surface area contributed by atoms with Gasteiger partial charge < -0.3 is 15.2 Å². The van der Waals surface area contributed by atoms with E-state index in [2.05, 4.69) is 20.8 Å². The molecule has 0 aliphatic heterocycles. The van der Waals surface area contributed by atoms with Crippen molar-refractivity contribution in [3.8, 4) is 11.4 Å². The van der Waals surface area contributed by atoms with E-state index in [1.165, 1.54) is 12.1 Å². The first kappa shape index (κ1) is 18.8. The van der Waals surface area contributed by atoms with Crippen molar-refractivity contribution in [2.75, 3.05) is 5.32 Å². The molecule has 0 atom stereocenters. The minimum absolute atomic E-state index is 0.143. The SMILES string of the molecule is Cc1ccccc1-c1noc(CNC(=S)Nc2cccc(C(F)(F)F)c2)n1. The molecule has 0 fully saturated rings. The highest BCUT2D eigenvalue weighted by Gasteiger charge is 2.30. The van der Waals surface area contributed by atoms with Gasteiger partial charge in [0.15, 0.2) is 5.11 Å². The molecule has 0 amide bonds. The van der Waals surface area contributed by atoms with E-state index in [-0.39, 0.29) is 17.3 Å². The number of aryl methyl sites for hydroxylation is 1. The molecule has 0 aliphatic rings. The van der Waals surface area contributed by atoms with Gasteiger partial charge in [-0.05, 0) is 42.9 Å². The summed E-state index contributed by atoms with van der Waals surface area (Å²) in [7, 11) is 0. The largest absolute Gasteiger partial charge is 0.416 e. The second kappa shape index (κ2) is 7.75. The van der Waals surface area contributed by atoms with Crippen LogP contribution in [0.1, 0.15) is 17.0 Å². The molecule has 2 N–H and O–H groups in total. The monoisotopic (exact) mass is 392 g/mol. The Morgan fingerprint density at radius 2 is 1.93 bits per heavy atom. The van der Waals surface area contributed by atoms with Gasteiger partial charge in [0.05, 0.1) is 12.1 Å². The van der Waals surface area contributed by atoms with Crippen LogP contribution in [0, 0.1) is 6.92 Å². The van der Waals surface area contributed by atoms with Crippen LogP contribution in [-0.2, 0) is 12.7 Å². The molecule has 9 heteroatoms. The van der Waals surface area contributed by atoms with Crippen molar-refractivity contribution >= 4 is 23.0 Å². The number of alkyl halides is 3. The number of hydrogen-bond donors (Lipinski definition) is 2. The van der Waals surface area contributed by atoms with Crippen LogP contribution in [0.4, 0.5) is 18.9 Å². The van der Waals surface area contributed by atoms with E-state index in [4.69, 9.17) is 16.7 Å². The number of aromatic nitrogens is 2. The summed E-state index contributed by atoms with van der Waals surface area (Å²) in [6, 6.07) is 12.4. The molecule has 0 aliphatic carbocycles. The second-order valence-electron chi connectivity index (χ2n) is 5.71. The number of nitrogens with one attached hydrogen (secondary N) is 2. The smallest absolute Gasteiger partial charge is 0.353 e. The molecule has 0 radical (unpaired) electrons. The van der Waals surface area contributed by atoms with Gasteiger partial charge in [0.2, 0.25) is 11.7 Å². The van der Waals surface area contributed by atoms with Crippen LogP contribution in [0.2, 0.25) is 0 Å². The fourth-order valence-electron chi connectivity index (χ4n) is 2.36. The third kappa shape index (κ3) is 4.82. The zero-order chi connectivity index (χ0) is 19.4. The molecule has 1 heterocycles. The third-order valence-corrected chi connectivity index (χ3v) is 3.95. The van der Waals surface area contributed by atoms with Gasteiger partial charge in [-0.1, -0.05) is 35.5 Å². The Labute approximate surface area is 158 Å². The van der Waals surface area contributed by atoms with Crippen molar-refractivity contribution in [2.45, 2.75) is 19.6 Å². The Bertz CT molecular complexity index is 956. The van der Waals surface area contributed by atoms with E-state index in [0.29, 0.717) is 11.7 Å². The average Bonchev–Trinajstić information content (AvgIpc) is 3.09. The maximum atomic E-state index is 12.7. The lowest BCUT2D eigenvalue weighted by Gasteiger charge is -2.11. The minimum Gasteiger partial charge on any atom is -0.353 e. The topological polar surface area (TPSA) is 63.0 Å². The summed E-state index contributed by atoms with van der Waals surface area (Å²) in [6.45, 7) is 2.08. The number of rotatable bonds is 4. The quantitative estimate of drug-likeness (QED) is 0.635. The van der Waals surface area contributed by atoms with Crippen molar-refractivity contribution in [3.05, 3.63) is 65.5 Å². The molecule has 0 bridgehead atoms. The number of halogens is 3. The molecular weight excluding hydrogens is 377 g/mol. The predicted octanol–water partition coefficient (Wildman–Crippen LogP) is 4.55. The second-order valence-corrected chi connectivity index (χ2v) is 6.12. The van der Waals surface area contributed by atoms with E-state index in [0.717, 1.165) is 23.3 Å². The van der Waals surface area contributed by atoms with Crippen LogP contribution < -0.4 is 10.6 Å². The summed E-state index contributed by atoms with van der Waals surface area (Å²) >= 11 is 5.10. The lowest BCUT2D eigenvalue weighted by atomic mass is 10.1. The Hall–Kier alpha value is -2.94. The van der Waals surface area contributed by atoms with Crippen LogP contribution in [0.25, 0.3) is 11.4 Å². The van der Waals surface area contributed by atoms with Gasteiger partial charge in [-0.2, -0.15) is 18.2 Å². The molecular formula is C18H15F3N4OS. The van der Waals surface area contributed by atoms with Crippen molar-refractivity contribution in [3.63, 3.8) is 0 Å². The maximum Gasteiger partial charge on any atom is 0.416 e.